The number of thiophene rings is 1. The zero-order chi connectivity index (χ0) is 13.9. The van der Waals surface area contributed by atoms with E-state index in [-0.39, 0.29) is 0 Å². The van der Waals surface area contributed by atoms with E-state index in [2.05, 4.69) is 41.6 Å². The Morgan fingerprint density at radius 3 is 2.95 bits per heavy atom. The Bertz CT molecular complexity index is 399. The molecule has 1 N–H and O–H groups in total. The first-order valence-corrected chi connectivity index (χ1v) is 9.15. The van der Waals surface area contributed by atoms with Gasteiger partial charge in [-0.25, -0.2) is 0 Å². The molecule has 3 heteroatoms. The van der Waals surface area contributed by atoms with Gasteiger partial charge in [0.25, 0.3) is 0 Å². The summed E-state index contributed by atoms with van der Waals surface area (Å²) in [6, 6.07) is 5.95. The monoisotopic (exact) mass is 292 g/mol. The van der Waals surface area contributed by atoms with Crippen molar-refractivity contribution in [3.63, 3.8) is 0 Å². The standard InChI is InChI=1S/C17H28N2S/c1-3-13(2)17-11-18-16(14-6-7-14)12-19(17)9-8-15-5-4-10-20-15/h4-5,10,13-14,16-18H,3,6-9,11-12H2,1-2H3. The lowest BCUT2D eigenvalue weighted by Crippen LogP contribution is -2.59. The van der Waals surface area contributed by atoms with Crippen LogP contribution in [0.2, 0.25) is 0 Å². The van der Waals surface area contributed by atoms with Crippen LogP contribution < -0.4 is 5.32 Å². The summed E-state index contributed by atoms with van der Waals surface area (Å²) in [6.07, 6.45) is 5.41. The van der Waals surface area contributed by atoms with Gasteiger partial charge in [0, 0.05) is 36.6 Å². The van der Waals surface area contributed by atoms with Gasteiger partial charge in [-0.15, -0.1) is 11.3 Å². The van der Waals surface area contributed by atoms with Gasteiger partial charge in [-0.05, 0) is 42.5 Å². The van der Waals surface area contributed by atoms with Gasteiger partial charge in [-0.1, -0.05) is 26.3 Å². The van der Waals surface area contributed by atoms with Crippen molar-refractivity contribution in [1.29, 1.82) is 0 Å². The smallest absolute Gasteiger partial charge is 0.0247 e. The fourth-order valence-corrected chi connectivity index (χ4v) is 4.17. The Morgan fingerprint density at radius 2 is 2.30 bits per heavy atom. The van der Waals surface area contributed by atoms with Crippen molar-refractivity contribution in [3.8, 4) is 0 Å². The molecule has 0 radical (unpaired) electrons. The van der Waals surface area contributed by atoms with Gasteiger partial charge in [0.1, 0.15) is 0 Å². The number of nitrogens with zero attached hydrogens (tertiary/aromatic N) is 1. The normalized spacial score (nSPS) is 29.5. The molecular weight excluding hydrogens is 264 g/mol. The van der Waals surface area contributed by atoms with Crippen molar-refractivity contribution in [2.24, 2.45) is 11.8 Å². The van der Waals surface area contributed by atoms with E-state index in [1.165, 1.54) is 50.2 Å². The molecule has 2 heterocycles. The van der Waals surface area contributed by atoms with Gasteiger partial charge in [0.15, 0.2) is 0 Å². The maximum atomic E-state index is 3.83. The summed E-state index contributed by atoms with van der Waals surface area (Å²) in [5, 5.41) is 6.03. The lowest BCUT2D eigenvalue weighted by molar-refractivity contribution is 0.0870. The summed E-state index contributed by atoms with van der Waals surface area (Å²) >= 11 is 1.90. The molecule has 0 spiro atoms. The largest absolute Gasteiger partial charge is 0.311 e. The van der Waals surface area contributed by atoms with Crippen LogP contribution in [-0.2, 0) is 6.42 Å². The SMILES string of the molecule is CCC(C)C1CNC(C2CC2)CN1CCc1cccs1. The van der Waals surface area contributed by atoms with Crippen molar-refractivity contribution in [3.05, 3.63) is 22.4 Å². The third-order valence-corrected chi connectivity index (χ3v) is 6.14. The van der Waals surface area contributed by atoms with E-state index in [0.717, 1.165) is 23.9 Å². The molecule has 112 valence electrons. The van der Waals surface area contributed by atoms with E-state index in [1.807, 2.05) is 11.3 Å². The van der Waals surface area contributed by atoms with Crippen molar-refractivity contribution >= 4 is 11.3 Å². The summed E-state index contributed by atoms with van der Waals surface area (Å²) in [6.45, 7) is 8.45. The first-order chi connectivity index (χ1) is 9.78. The summed E-state index contributed by atoms with van der Waals surface area (Å²) in [7, 11) is 0. The fourth-order valence-electron chi connectivity index (χ4n) is 3.47. The zero-order valence-corrected chi connectivity index (χ0v) is 13.7. The lowest BCUT2D eigenvalue weighted by atomic mass is 9.93. The van der Waals surface area contributed by atoms with E-state index in [9.17, 15) is 0 Å². The number of hydrogen-bond acceptors (Lipinski definition) is 3. The Kier molecular flexibility index (Phi) is 4.79. The number of rotatable bonds is 6. The highest BCUT2D eigenvalue weighted by Gasteiger charge is 2.38. The highest BCUT2D eigenvalue weighted by molar-refractivity contribution is 7.09. The molecule has 20 heavy (non-hydrogen) atoms. The summed E-state index contributed by atoms with van der Waals surface area (Å²) in [5.41, 5.74) is 0. The molecule has 1 aromatic rings. The minimum atomic E-state index is 0.731. The maximum absolute atomic E-state index is 3.83. The second kappa shape index (κ2) is 6.59. The first-order valence-electron chi connectivity index (χ1n) is 8.27. The minimum absolute atomic E-state index is 0.731. The van der Waals surface area contributed by atoms with E-state index >= 15 is 0 Å². The van der Waals surface area contributed by atoms with Gasteiger partial charge < -0.3 is 5.32 Å². The van der Waals surface area contributed by atoms with E-state index in [4.69, 9.17) is 0 Å². The zero-order valence-electron chi connectivity index (χ0n) is 12.8. The fraction of sp³-hybridized carbons (Fsp3) is 0.765. The van der Waals surface area contributed by atoms with Gasteiger partial charge in [0.2, 0.25) is 0 Å². The van der Waals surface area contributed by atoms with Crippen molar-refractivity contribution < 1.29 is 0 Å². The Morgan fingerprint density at radius 1 is 1.45 bits per heavy atom. The molecule has 0 amide bonds. The summed E-state index contributed by atoms with van der Waals surface area (Å²) in [4.78, 5) is 4.32. The van der Waals surface area contributed by atoms with Crippen LogP contribution in [0.3, 0.4) is 0 Å². The molecule has 2 aliphatic rings. The predicted octanol–water partition coefficient (Wildman–Crippen LogP) is 3.39. The molecule has 0 bridgehead atoms. The van der Waals surface area contributed by atoms with E-state index in [0.29, 0.717) is 0 Å². The first kappa shape index (κ1) is 14.6. The molecule has 3 atom stereocenters. The average molecular weight is 292 g/mol. The molecule has 3 rings (SSSR count). The second-order valence-electron chi connectivity index (χ2n) is 6.63. The molecule has 2 fully saturated rings. The topological polar surface area (TPSA) is 15.3 Å². The van der Waals surface area contributed by atoms with Crippen LogP contribution in [0.25, 0.3) is 0 Å². The number of piperazine rings is 1. The molecule has 2 nitrogen and oxygen atoms in total. The molecular formula is C17H28N2S. The highest BCUT2D eigenvalue weighted by atomic mass is 32.1. The minimum Gasteiger partial charge on any atom is -0.311 e. The Balaban J connectivity index is 1.60. The quantitative estimate of drug-likeness (QED) is 0.864. The number of hydrogen-bond donors (Lipinski definition) is 1. The van der Waals surface area contributed by atoms with Crippen LogP contribution in [0.5, 0.6) is 0 Å². The second-order valence-corrected chi connectivity index (χ2v) is 7.66. The van der Waals surface area contributed by atoms with E-state index in [1.54, 1.807) is 0 Å². The third-order valence-electron chi connectivity index (χ3n) is 5.21. The summed E-state index contributed by atoms with van der Waals surface area (Å²) in [5.74, 6) is 1.77. The average Bonchev–Trinajstić information content (AvgIpc) is 3.20. The van der Waals surface area contributed by atoms with Crippen LogP contribution in [0.1, 0.15) is 38.0 Å². The molecule has 1 aromatic heterocycles. The molecule has 3 unspecified atom stereocenters. The Labute approximate surface area is 127 Å². The third kappa shape index (κ3) is 3.44. The molecule has 1 saturated carbocycles. The Hall–Kier alpha value is -0.380. The van der Waals surface area contributed by atoms with Crippen LogP contribution >= 0.6 is 11.3 Å². The number of nitrogens with one attached hydrogen (secondary N) is 1. The van der Waals surface area contributed by atoms with Gasteiger partial charge in [-0.3, -0.25) is 4.90 Å². The van der Waals surface area contributed by atoms with Gasteiger partial charge >= 0.3 is 0 Å². The molecule has 1 aliphatic carbocycles. The van der Waals surface area contributed by atoms with Crippen LogP contribution in [0.4, 0.5) is 0 Å². The highest BCUT2D eigenvalue weighted by Crippen LogP contribution is 2.35. The van der Waals surface area contributed by atoms with Crippen LogP contribution in [-0.4, -0.2) is 36.6 Å². The summed E-state index contributed by atoms with van der Waals surface area (Å²) < 4.78 is 0. The van der Waals surface area contributed by atoms with Crippen molar-refractivity contribution in [2.75, 3.05) is 19.6 Å². The van der Waals surface area contributed by atoms with Gasteiger partial charge in [-0.2, -0.15) is 0 Å². The molecule has 1 saturated heterocycles. The lowest BCUT2D eigenvalue weighted by Gasteiger charge is -2.43. The molecule has 1 aliphatic heterocycles. The van der Waals surface area contributed by atoms with Crippen LogP contribution in [0.15, 0.2) is 17.5 Å². The van der Waals surface area contributed by atoms with Crippen LogP contribution in [0, 0.1) is 11.8 Å². The van der Waals surface area contributed by atoms with E-state index < -0.39 is 0 Å². The van der Waals surface area contributed by atoms with Crippen molar-refractivity contribution in [1.82, 2.24) is 10.2 Å². The van der Waals surface area contributed by atoms with Crippen molar-refractivity contribution in [2.45, 2.75) is 51.6 Å². The predicted molar refractivity (Wildman–Crippen MR) is 87.4 cm³/mol. The van der Waals surface area contributed by atoms with Gasteiger partial charge in [0.05, 0.1) is 0 Å². The maximum Gasteiger partial charge on any atom is 0.0247 e. The molecule has 0 aromatic carbocycles.